The van der Waals surface area contributed by atoms with Gasteiger partial charge in [0.15, 0.2) is 0 Å². The zero-order chi connectivity index (χ0) is 16.4. The Kier molecular flexibility index (Phi) is 4.57. The number of hydrogen-bond donors (Lipinski definition) is 2. The molecule has 1 aromatic carbocycles. The van der Waals surface area contributed by atoms with Crippen LogP contribution in [0.1, 0.15) is 19.3 Å². The van der Waals surface area contributed by atoms with E-state index in [1.54, 1.807) is 17.0 Å². The fourth-order valence-corrected chi connectivity index (χ4v) is 3.24. The molecule has 1 aromatic rings. The van der Waals surface area contributed by atoms with Crippen molar-refractivity contribution in [1.29, 1.82) is 0 Å². The monoisotopic (exact) mass is 337 g/mol. The van der Waals surface area contributed by atoms with Gasteiger partial charge in [0.2, 0.25) is 11.8 Å². The van der Waals surface area contributed by atoms with Crippen LogP contribution in [-0.2, 0) is 14.3 Å². The van der Waals surface area contributed by atoms with Crippen molar-refractivity contribution >= 4 is 29.1 Å². The minimum absolute atomic E-state index is 0.0542. The first-order valence-electron chi connectivity index (χ1n) is 7.72. The predicted molar refractivity (Wildman–Crippen MR) is 87.3 cm³/mol. The Hall–Kier alpha value is -1.63. The normalized spacial score (nSPS) is 23.8. The molecule has 3 N–H and O–H groups in total. The molecule has 124 valence electrons. The number of para-hydroxylation sites is 1. The van der Waals surface area contributed by atoms with E-state index in [-0.39, 0.29) is 24.3 Å². The molecule has 0 bridgehead atoms. The zero-order valence-corrected chi connectivity index (χ0v) is 13.5. The second-order valence-electron chi connectivity index (χ2n) is 6.10. The largest absolute Gasteiger partial charge is 0.381 e. The number of carbonyl (C=O) groups is 2. The van der Waals surface area contributed by atoms with Crippen LogP contribution in [0.5, 0.6) is 0 Å². The summed E-state index contributed by atoms with van der Waals surface area (Å²) in [4.78, 5) is 26.3. The standard InChI is InChI=1S/C16H20ClN3O3/c17-12-3-1-2-4-13(12)20-10-11(9-14(20)21)19-15(22)16(18)5-7-23-8-6-16/h1-4,11H,5-10,18H2,(H,19,22). The molecule has 2 aliphatic rings. The van der Waals surface area contributed by atoms with Crippen LogP contribution < -0.4 is 16.0 Å². The van der Waals surface area contributed by atoms with Crippen LogP contribution in [0, 0.1) is 0 Å². The van der Waals surface area contributed by atoms with Crippen molar-refractivity contribution < 1.29 is 14.3 Å². The van der Waals surface area contributed by atoms with Gasteiger partial charge in [0.25, 0.3) is 0 Å². The number of nitrogens with zero attached hydrogens (tertiary/aromatic N) is 1. The third-order valence-electron chi connectivity index (χ3n) is 4.44. The summed E-state index contributed by atoms with van der Waals surface area (Å²) in [6, 6.07) is 6.93. The number of nitrogens with two attached hydrogens (primary N) is 1. The lowest BCUT2D eigenvalue weighted by Crippen LogP contribution is -2.59. The van der Waals surface area contributed by atoms with Crippen LogP contribution in [0.15, 0.2) is 24.3 Å². The molecular weight excluding hydrogens is 318 g/mol. The quantitative estimate of drug-likeness (QED) is 0.864. The molecule has 2 amide bonds. The molecule has 0 aliphatic carbocycles. The summed E-state index contributed by atoms with van der Waals surface area (Å²) in [6.45, 7) is 1.37. The number of hydrogen-bond acceptors (Lipinski definition) is 4. The van der Waals surface area contributed by atoms with E-state index >= 15 is 0 Å². The van der Waals surface area contributed by atoms with Crippen molar-refractivity contribution in [3.8, 4) is 0 Å². The lowest BCUT2D eigenvalue weighted by molar-refractivity contribution is -0.130. The number of ether oxygens (including phenoxy) is 1. The maximum absolute atomic E-state index is 12.4. The highest BCUT2D eigenvalue weighted by Crippen LogP contribution is 2.29. The van der Waals surface area contributed by atoms with E-state index in [4.69, 9.17) is 22.1 Å². The number of benzene rings is 1. The Morgan fingerprint density at radius 1 is 1.35 bits per heavy atom. The summed E-state index contributed by atoms with van der Waals surface area (Å²) < 4.78 is 5.25. The number of halogens is 1. The fraction of sp³-hybridized carbons (Fsp3) is 0.500. The third kappa shape index (κ3) is 3.34. The smallest absolute Gasteiger partial charge is 0.240 e. The van der Waals surface area contributed by atoms with Gasteiger partial charge in [-0.05, 0) is 25.0 Å². The minimum Gasteiger partial charge on any atom is -0.381 e. The van der Waals surface area contributed by atoms with Crippen LogP contribution in [0.4, 0.5) is 5.69 Å². The molecule has 23 heavy (non-hydrogen) atoms. The third-order valence-corrected chi connectivity index (χ3v) is 4.76. The molecule has 0 spiro atoms. The molecule has 1 unspecified atom stereocenters. The van der Waals surface area contributed by atoms with Gasteiger partial charge in [0, 0.05) is 26.2 Å². The molecule has 2 saturated heterocycles. The Morgan fingerprint density at radius 3 is 2.74 bits per heavy atom. The van der Waals surface area contributed by atoms with Gasteiger partial charge < -0.3 is 20.7 Å². The van der Waals surface area contributed by atoms with E-state index in [2.05, 4.69) is 5.32 Å². The number of nitrogens with one attached hydrogen (secondary N) is 1. The maximum atomic E-state index is 12.4. The maximum Gasteiger partial charge on any atom is 0.240 e. The molecule has 2 heterocycles. The van der Waals surface area contributed by atoms with Gasteiger partial charge in [0.05, 0.1) is 22.3 Å². The van der Waals surface area contributed by atoms with Crippen molar-refractivity contribution in [2.75, 3.05) is 24.7 Å². The highest BCUT2D eigenvalue weighted by Gasteiger charge is 2.39. The lowest BCUT2D eigenvalue weighted by Gasteiger charge is -2.32. The number of carbonyl (C=O) groups excluding carboxylic acids is 2. The lowest BCUT2D eigenvalue weighted by atomic mass is 9.90. The molecule has 7 heteroatoms. The van der Waals surface area contributed by atoms with Gasteiger partial charge in [-0.2, -0.15) is 0 Å². The van der Waals surface area contributed by atoms with Gasteiger partial charge in [0.1, 0.15) is 0 Å². The SMILES string of the molecule is NC1(C(=O)NC2CC(=O)N(c3ccccc3Cl)C2)CCOCC1. The topological polar surface area (TPSA) is 84.7 Å². The number of amides is 2. The van der Waals surface area contributed by atoms with Crippen LogP contribution in [-0.4, -0.2) is 43.2 Å². The summed E-state index contributed by atoms with van der Waals surface area (Å²) in [5.74, 6) is -0.263. The summed E-state index contributed by atoms with van der Waals surface area (Å²) >= 11 is 6.15. The van der Waals surface area contributed by atoms with Gasteiger partial charge in [-0.15, -0.1) is 0 Å². The summed E-state index contributed by atoms with van der Waals surface area (Å²) in [6.07, 6.45) is 1.24. The molecule has 2 aliphatic heterocycles. The van der Waals surface area contributed by atoms with E-state index in [9.17, 15) is 9.59 Å². The van der Waals surface area contributed by atoms with Gasteiger partial charge in [-0.1, -0.05) is 23.7 Å². The minimum atomic E-state index is -0.904. The molecule has 6 nitrogen and oxygen atoms in total. The van der Waals surface area contributed by atoms with Crippen LogP contribution >= 0.6 is 11.6 Å². The van der Waals surface area contributed by atoms with Gasteiger partial charge in [-0.25, -0.2) is 0 Å². The highest BCUT2D eigenvalue weighted by atomic mass is 35.5. The summed E-state index contributed by atoms with van der Waals surface area (Å²) in [5.41, 5.74) is 5.94. The van der Waals surface area contributed by atoms with Crippen molar-refractivity contribution in [3.63, 3.8) is 0 Å². The molecule has 0 radical (unpaired) electrons. The predicted octanol–water partition coefficient (Wildman–Crippen LogP) is 1.07. The van der Waals surface area contributed by atoms with E-state index in [1.165, 1.54) is 0 Å². The number of rotatable bonds is 3. The molecule has 0 saturated carbocycles. The fourth-order valence-electron chi connectivity index (χ4n) is 3.00. The van der Waals surface area contributed by atoms with Crippen molar-refractivity contribution in [3.05, 3.63) is 29.3 Å². The Labute approximate surface area is 139 Å². The molecule has 3 rings (SSSR count). The Balaban J connectivity index is 1.66. The summed E-state index contributed by atoms with van der Waals surface area (Å²) in [5, 5.41) is 3.43. The van der Waals surface area contributed by atoms with Crippen LogP contribution in [0.25, 0.3) is 0 Å². The molecule has 0 aromatic heterocycles. The second kappa shape index (κ2) is 6.47. The first kappa shape index (κ1) is 16.2. The summed E-state index contributed by atoms with van der Waals surface area (Å²) in [7, 11) is 0. The van der Waals surface area contributed by atoms with Crippen molar-refractivity contribution in [1.82, 2.24) is 5.32 Å². The van der Waals surface area contributed by atoms with Crippen molar-refractivity contribution in [2.45, 2.75) is 30.8 Å². The molecular formula is C16H20ClN3O3. The Bertz CT molecular complexity index is 616. The first-order chi connectivity index (χ1) is 11.0. The van der Waals surface area contributed by atoms with E-state index in [1.807, 2.05) is 12.1 Å². The van der Waals surface area contributed by atoms with Crippen molar-refractivity contribution in [2.24, 2.45) is 5.73 Å². The van der Waals surface area contributed by atoms with E-state index in [0.717, 1.165) is 0 Å². The van der Waals surface area contributed by atoms with Gasteiger partial charge in [-0.3, -0.25) is 9.59 Å². The second-order valence-corrected chi connectivity index (χ2v) is 6.51. The van der Waals surface area contributed by atoms with Crippen LogP contribution in [0.3, 0.4) is 0 Å². The van der Waals surface area contributed by atoms with E-state index in [0.29, 0.717) is 43.3 Å². The highest BCUT2D eigenvalue weighted by molar-refractivity contribution is 6.33. The molecule has 1 atom stereocenters. The molecule has 2 fully saturated rings. The van der Waals surface area contributed by atoms with E-state index < -0.39 is 5.54 Å². The van der Waals surface area contributed by atoms with Gasteiger partial charge >= 0.3 is 0 Å². The average Bonchev–Trinajstić information content (AvgIpc) is 2.89. The first-order valence-corrected chi connectivity index (χ1v) is 8.10. The average molecular weight is 338 g/mol. The number of anilines is 1. The van der Waals surface area contributed by atoms with Crippen LogP contribution in [0.2, 0.25) is 5.02 Å². The zero-order valence-electron chi connectivity index (χ0n) is 12.8. The Morgan fingerprint density at radius 2 is 2.04 bits per heavy atom.